The van der Waals surface area contributed by atoms with E-state index in [1.54, 1.807) is 6.07 Å². The molecule has 1 N–H and O–H groups in total. The minimum Gasteiger partial charge on any atom is -0.468 e. The molecule has 0 aliphatic carbocycles. The summed E-state index contributed by atoms with van der Waals surface area (Å²) >= 11 is 0. The molecule has 1 rings (SSSR count). The second kappa shape index (κ2) is 6.35. The predicted octanol–water partition coefficient (Wildman–Crippen LogP) is 2.11. The number of nitrogens with one attached hydrogen (secondary N) is 1. The highest BCUT2D eigenvalue weighted by atomic mass is 19.1. The van der Waals surface area contributed by atoms with Crippen molar-refractivity contribution in [3.05, 3.63) is 35.6 Å². The first-order chi connectivity index (χ1) is 8.04. The van der Waals surface area contributed by atoms with Gasteiger partial charge in [0.05, 0.1) is 7.11 Å². The molecule has 0 aliphatic heterocycles. The van der Waals surface area contributed by atoms with Gasteiger partial charge in [-0.2, -0.15) is 0 Å². The maximum atomic E-state index is 13.0. The van der Waals surface area contributed by atoms with Crippen LogP contribution in [0.1, 0.15) is 19.4 Å². The third kappa shape index (κ3) is 4.15. The van der Waals surface area contributed by atoms with E-state index in [1.807, 2.05) is 19.9 Å². The average molecular weight is 239 g/mol. The van der Waals surface area contributed by atoms with Gasteiger partial charge in [0.25, 0.3) is 0 Å². The zero-order valence-electron chi connectivity index (χ0n) is 10.4. The standard InChI is InChI=1S/C13H18FNO2/c1-9(2)12(13(16)17-3)15-8-10-5-4-6-11(14)7-10/h4-7,9,12,15H,8H2,1-3H3/t12-/m0/s1. The van der Waals surface area contributed by atoms with Crippen molar-refractivity contribution in [1.29, 1.82) is 0 Å². The number of hydrogen-bond acceptors (Lipinski definition) is 3. The van der Waals surface area contributed by atoms with Crippen LogP contribution in [-0.2, 0) is 16.1 Å². The van der Waals surface area contributed by atoms with Gasteiger partial charge in [-0.3, -0.25) is 4.79 Å². The Morgan fingerprint density at radius 3 is 2.71 bits per heavy atom. The molecule has 0 saturated heterocycles. The summed E-state index contributed by atoms with van der Waals surface area (Å²) in [5.74, 6) is -0.448. The molecule has 1 aromatic rings. The summed E-state index contributed by atoms with van der Waals surface area (Å²) in [7, 11) is 1.36. The first-order valence-corrected chi connectivity index (χ1v) is 5.60. The van der Waals surface area contributed by atoms with Gasteiger partial charge in [0.15, 0.2) is 0 Å². The van der Waals surface area contributed by atoms with Crippen molar-refractivity contribution in [2.75, 3.05) is 7.11 Å². The van der Waals surface area contributed by atoms with Gasteiger partial charge in [0, 0.05) is 6.54 Å². The monoisotopic (exact) mass is 239 g/mol. The van der Waals surface area contributed by atoms with Crippen molar-refractivity contribution >= 4 is 5.97 Å². The van der Waals surface area contributed by atoms with Crippen LogP contribution in [0.3, 0.4) is 0 Å². The number of rotatable bonds is 5. The molecule has 0 aliphatic rings. The lowest BCUT2D eigenvalue weighted by Crippen LogP contribution is -2.41. The Kier molecular flexibility index (Phi) is 5.10. The van der Waals surface area contributed by atoms with E-state index in [4.69, 9.17) is 4.74 Å². The van der Waals surface area contributed by atoms with Crippen molar-refractivity contribution in [2.45, 2.75) is 26.4 Å². The molecule has 0 unspecified atom stereocenters. The van der Waals surface area contributed by atoms with E-state index >= 15 is 0 Å². The number of ether oxygens (including phenoxy) is 1. The van der Waals surface area contributed by atoms with Gasteiger partial charge in [0.1, 0.15) is 11.9 Å². The quantitative estimate of drug-likeness (QED) is 0.800. The van der Waals surface area contributed by atoms with E-state index in [9.17, 15) is 9.18 Å². The fourth-order valence-electron chi connectivity index (χ4n) is 1.59. The van der Waals surface area contributed by atoms with Crippen LogP contribution in [0.4, 0.5) is 4.39 Å². The zero-order chi connectivity index (χ0) is 12.8. The Morgan fingerprint density at radius 1 is 1.47 bits per heavy atom. The Balaban J connectivity index is 2.61. The van der Waals surface area contributed by atoms with Gasteiger partial charge in [-0.05, 0) is 23.6 Å². The minimum absolute atomic E-state index is 0.121. The number of halogens is 1. The molecule has 0 saturated carbocycles. The lowest BCUT2D eigenvalue weighted by atomic mass is 10.0. The number of esters is 1. The average Bonchev–Trinajstić information content (AvgIpc) is 2.28. The second-order valence-corrected chi connectivity index (χ2v) is 4.26. The van der Waals surface area contributed by atoms with Crippen molar-refractivity contribution in [3.8, 4) is 0 Å². The molecular weight excluding hydrogens is 221 g/mol. The van der Waals surface area contributed by atoms with Crippen LogP contribution in [0.2, 0.25) is 0 Å². The third-order valence-corrected chi connectivity index (χ3v) is 2.54. The van der Waals surface area contributed by atoms with Crippen LogP contribution in [0.25, 0.3) is 0 Å². The minimum atomic E-state index is -0.372. The van der Waals surface area contributed by atoms with Crippen molar-refractivity contribution < 1.29 is 13.9 Å². The molecule has 0 bridgehead atoms. The van der Waals surface area contributed by atoms with Crippen LogP contribution in [0.15, 0.2) is 24.3 Å². The number of hydrogen-bond donors (Lipinski definition) is 1. The van der Waals surface area contributed by atoms with Crippen molar-refractivity contribution in [3.63, 3.8) is 0 Å². The first-order valence-electron chi connectivity index (χ1n) is 5.60. The molecule has 1 aromatic carbocycles. The Morgan fingerprint density at radius 2 is 2.18 bits per heavy atom. The SMILES string of the molecule is COC(=O)[C@@H](NCc1cccc(F)c1)C(C)C. The molecule has 0 spiro atoms. The summed E-state index contributed by atoms with van der Waals surface area (Å²) in [6.07, 6.45) is 0. The highest BCUT2D eigenvalue weighted by Crippen LogP contribution is 2.07. The van der Waals surface area contributed by atoms with E-state index in [-0.39, 0.29) is 23.7 Å². The lowest BCUT2D eigenvalue weighted by Gasteiger charge is -2.19. The molecule has 0 radical (unpaired) electrons. The van der Waals surface area contributed by atoms with Crippen LogP contribution >= 0.6 is 0 Å². The Bertz CT molecular complexity index is 379. The number of benzene rings is 1. The molecule has 4 heteroatoms. The summed E-state index contributed by atoms with van der Waals surface area (Å²) in [4.78, 5) is 11.5. The smallest absolute Gasteiger partial charge is 0.323 e. The largest absolute Gasteiger partial charge is 0.468 e. The molecule has 0 heterocycles. The van der Waals surface area contributed by atoms with Gasteiger partial charge in [0.2, 0.25) is 0 Å². The fourth-order valence-corrected chi connectivity index (χ4v) is 1.59. The summed E-state index contributed by atoms with van der Waals surface area (Å²) in [6.45, 7) is 4.30. The lowest BCUT2D eigenvalue weighted by molar-refractivity contribution is -0.144. The fraction of sp³-hybridized carbons (Fsp3) is 0.462. The Labute approximate surface area is 101 Å². The van der Waals surface area contributed by atoms with Crippen molar-refractivity contribution in [1.82, 2.24) is 5.32 Å². The zero-order valence-corrected chi connectivity index (χ0v) is 10.4. The van der Waals surface area contributed by atoms with E-state index in [2.05, 4.69) is 5.32 Å². The molecule has 0 aromatic heterocycles. The van der Waals surface area contributed by atoms with Gasteiger partial charge in [-0.1, -0.05) is 26.0 Å². The molecule has 1 atom stereocenters. The summed E-state index contributed by atoms with van der Waals surface area (Å²) in [6, 6.07) is 5.92. The maximum absolute atomic E-state index is 13.0. The molecule has 94 valence electrons. The second-order valence-electron chi connectivity index (χ2n) is 4.26. The molecule has 17 heavy (non-hydrogen) atoms. The number of methoxy groups -OCH3 is 1. The summed E-state index contributed by atoms with van der Waals surface area (Å²) < 4.78 is 17.7. The van der Waals surface area contributed by atoms with Gasteiger partial charge in [-0.25, -0.2) is 4.39 Å². The third-order valence-electron chi connectivity index (χ3n) is 2.54. The normalized spacial score (nSPS) is 12.5. The van der Waals surface area contributed by atoms with Gasteiger partial charge >= 0.3 is 5.97 Å². The highest BCUT2D eigenvalue weighted by Gasteiger charge is 2.21. The van der Waals surface area contributed by atoms with E-state index in [0.29, 0.717) is 6.54 Å². The Hall–Kier alpha value is -1.42. The molecule has 0 amide bonds. The van der Waals surface area contributed by atoms with Gasteiger partial charge in [-0.15, -0.1) is 0 Å². The van der Waals surface area contributed by atoms with E-state index < -0.39 is 0 Å². The summed E-state index contributed by atoms with van der Waals surface area (Å²) in [5, 5.41) is 3.07. The van der Waals surface area contributed by atoms with Crippen LogP contribution in [-0.4, -0.2) is 19.1 Å². The van der Waals surface area contributed by atoms with E-state index in [0.717, 1.165) is 5.56 Å². The van der Waals surface area contributed by atoms with Crippen molar-refractivity contribution in [2.24, 2.45) is 5.92 Å². The van der Waals surface area contributed by atoms with Gasteiger partial charge < -0.3 is 10.1 Å². The van der Waals surface area contributed by atoms with Crippen LogP contribution < -0.4 is 5.32 Å². The predicted molar refractivity (Wildman–Crippen MR) is 63.9 cm³/mol. The highest BCUT2D eigenvalue weighted by molar-refractivity contribution is 5.75. The molecule has 3 nitrogen and oxygen atoms in total. The number of carbonyl (C=O) groups is 1. The summed E-state index contributed by atoms with van der Waals surface area (Å²) in [5.41, 5.74) is 0.805. The van der Waals surface area contributed by atoms with Crippen LogP contribution in [0.5, 0.6) is 0 Å². The molecule has 0 fully saturated rings. The topological polar surface area (TPSA) is 38.3 Å². The number of carbonyl (C=O) groups excluding carboxylic acids is 1. The van der Waals surface area contributed by atoms with E-state index in [1.165, 1.54) is 19.2 Å². The maximum Gasteiger partial charge on any atom is 0.323 e. The molecular formula is C13H18FNO2. The van der Waals surface area contributed by atoms with Crippen LogP contribution in [0, 0.1) is 11.7 Å². The first kappa shape index (κ1) is 13.6.